The highest BCUT2D eigenvalue weighted by Crippen LogP contribution is 2.27. The van der Waals surface area contributed by atoms with E-state index in [0.717, 1.165) is 28.0 Å². The van der Waals surface area contributed by atoms with Crippen LogP contribution < -0.4 is 11.1 Å². The van der Waals surface area contributed by atoms with E-state index in [9.17, 15) is 4.79 Å². The second-order valence-electron chi connectivity index (χ2n) is 8.61. The number of carbonyl (C=O) groups excluding carboxylic acids is 1. The van der Waals surface area contributed by atoms with Crippen molar-refractivity contribution in [2.75, 3.05) is 26.0 Å². The lowest BCUT2D eigenvalue weighted by atomic mass is 10.1. The summed E-state index contributed by atoms with van der Waals surface area (Å²) in [5, 5.41) is 8.24. The number of nitrogens with two attached hydrogens (primary N) is 1. The molecule has 3 heterocycles. The molecule has 10 nitrogen and oxygen atoms in total. The van der Waals surface area contributed by atoms with Crippen LogP contribution in [0.1, 0.15) is 36.5 Å². The van der Waals surface area contributed by atoms with E-state index in [4.69, 9.17) is 15.6 Å². The maximum absolute atomic E-state index is 12.0. The zero-order valence-electron chi connectivity index (χ0n) is 21.4. The fraction of sp³-hybridized carbons (Fsp3) is 0.296. The maximum atomic E-state index is 12.0. The number of nitrogens with one attached hydrogen (secondary N) is 1. The molecule has 10 heteroatoms. The number of imidazole rings is 1. The van der Waals surface area contributed by atoms with Gasteiger partial charge in [-0.05, 0) is 56.0 Å². The second-order valence-corrected chi connectivity index (χ2v) is 8.61. The van der Waals surface area contributed by atoms with Crippen LogP contribution in [0.4, 0.5) is 5.82 Å². The molecule has 0 unspecified atom stereocenters. The van der Waals surface area contributed by atoms with Crippen LogP contribution in [0.25, 0.3) is 22.1 Å². The summed E-state index contributed by atoms with van der Waals surface area (Å²) < 4.78 is 9.13. The minimum atomic E-state index is -0.273. The number of hydrogen-bond donors (Lipinski definition) is 2. The minimum absolute atomic E-state index is 0.272. The normalized spacial score (nSPS) is 12.4. The van der Waals surface area contributed by atoms with Gasteiger partial charge in [-0.15, -0.1) is 0 Å². The van der Waals surface area contributed by atoms with Crippen molar-refractivity contribution in [1.29, 1.82) is 0 Å². The third-order valence-electron chi connectivity index (χ3n) is 6.23. The summed E-state index contributed by atoms with van der Waals surface area (Å²) in [4.78, 5) is 25.1. The summed E-state index contributed by atoms with van der Waals surface area (Å²) in [6.07, 6.45) is 5.21. The van der Waals surface area contributed by atoms with E-state index in [1.54, 1.807) is 11.8 Å². The molecule has 0 aliphatic heterocycles. The molecule has 3 N–H and O–H groups in total. The van der Waals surface area contributed by atoms with Crippen LogP contribution in [0.15, 0.2) is 48.8 Å². The molecule has 0 aliphatic rings. The van der Waals surface area contributed by atoms with Crippen molar-refractivity contribution in [3.63, 3.8) is 0 Å². The smallest absolute Gasteiger partial charge is 0.243 e. The van der Waals surface area contributed by atoms with Crippen molar-refractivity contribution in [1.82, 2.24) is 34.6 Å². The van der Waals surface area contributed by atoms with Gasteiger partial charge in [-0.25, -0.2) is 19.6 Å². The van der Waals surface area contributed by atoms with Crippen LogP contribution in [0.5, 0.6) is 0 Å². The summed E-state index contributed by atoms with van der Waals surface area (Å²) in [6, 6.07) is 5.61. The first-order valence-electron chi connectivity index (χ1n) is 11.8. The fourth-order valence-corrected chi connectivity index (χ4v) is 4.14. The number of allylic oxidation sites excluding steroid dienone is 1. The number of benzene rings is 1. The molecule has 0 aliphatic carbocycles. The third kappa shape index (κ3) is 5.37. The Morgan fingerprint density at radius 1 is 1.32 bits per heavy atom. The Kier molecular flexibility index (Phi) is 7.65. The van der Waals surface area contributed by atoms with Crippen LogP contribution in [0.3, 0.4) is 0 Å². The molecule has 0 radical (unpaired) electrons. The Morgan fingerprint density at radius 3 is 2.86 bits per heavy atom. The van der Waals surface area contributed by atoms with Gasteiger partial charge < -0.3 is 20.4 Å². The van der Waals surface area contributed by atoms with Gasteiger partial charge in [0.05, 0.1) is 29.1 Å². The highest BCUT2D eigenvalue weighted by Gasteiger charge is 2.22. The van der Waals surface area contributed by atoms with Crippen molar-refractivity contribution >= 4 is 33.8 Å². The molecule has 1 amide bonds. The maximum Gasteiger partial charge on any atom is 0.243 e. The zero-order chi connectivity index (χ0) is 26.5. The number of rotatable bonds is 8. The van der Waals surface area contributed by atoms with Gasteiger partial charge in [-0.1, -0.05) is 18.6 Å². The average Bonchev–Trinajstić information content (AvgIpc) is 3.41. The molecule has 4 aromatic rings. The van der Waals surface area contributed by atoms with Crippen LogP contribution in [0.2, 0.25) is 0 Å². The first kappa shape index (κ1) is 25.6. The van der Waals surface area contributed by atoms with Gasteiger partial charge >= 0.3 is 0 Å². The number of aryl methyl sites for hydroxylation is 2. The van der Waals surface area contributed by atoms with Gasteiger partial charge in [-0.2, -0.15) is 5.10 Å². The number of methoxy groups -OCH3 is 1. The first-order valence-corrected chi connectivity index (χ1v) is 11.8. The molecule has 0 fully saturated rings. The van der Waals surface area contributed by atoms with E-state index in [1.165, 1.54) is 12.4 Å². The van der Waals surface area contributed by atoms with Crippen LogP contribution >= 0.6 is 0 Å². The summed E-state index contributed by atoms with van der Waals surface area (Å²) in [6.45, 7) is 8.21. The van der Waals surface area contributed by atoms with Gasteiger partial charge in [0.2, 0.25) is 5.91 Å². The van der Waals surface area contributed by atoms with Gasteiger partial charge in [0.1, 0.15) is 23.7 Å². The molecule has 0 saturated carbocycles. The van der Waals surface area contributed by atoms with E-state index in [-0.39, 0.29) is 17.8 Å². The predicted octanol–water partition coefficient (Wildman–Crippen LogP) is 2.83. The van der Waals surface area contributed by atoms with Gasteiger partial charge in [-0.3, -0.25) is 4.79 Å². The highest BCUT2D eigenvalue weighted by atomic mass is 16.5. The van der Waals surface area contributed by atoms with Gasteiger partial charge in [0.15, 0.2) is 5.65 Å². The minimum Gasteiger partial charge on any atom is -0.383 e. The molecule has 37 heavy (non-hydrogen) atoms. The Morgan fingerprint density at radius 2 is 2.14 bits per heavy atom. The molecule has 3 aromatic heterocycles. The van der Waals surface area contributed by atoms with E-state index in [1.807, 2.05) is 49.7 Å². The molecule has 0 spiro atoms. The monoisotopic (exact) mass is 498 g/mol. The molecular weight excluding hydrogens is 468 g/mol. The van der Waals surface area contributed by atoms with E-state index < -0.39 is 0 Å². The lowest BCUT2D eigenvalue weighted by molar-refractivity contribution is -0.116. The molecule has 0 saturated heterocycles. The lowest BCUT2D eigenvalue weighted by Crippen LogP contribution is -2.30. The number of aromatic nitrogens is 6. The summed E-state index contributed by atoms with van der Waals surface area (Å²) in [5.74, 6) is 7.31. The number of fused-ring (bicyclic) bond motifs is 2. The largest absolute Gasteiger partial charge is 0.383 e. The first-order chi connectivity index (χ1) is 17.9. The number of nitrogen functional groups attached to an aromatic ring is 1. The summed E-state index contributed by atoms with van der Waals surface area (Å²) in [7, 11) is 3.62. The van der Waals surface area contributed by atoms with Crippen LogP contribution in [-0.2, 0) is 16.6 Å². The topological polar surface area (TPSA) is 126 Å². The van der Waals surface area contributed by atoms with Crippen molar-refractivity contribution in [2.24, 2.45) is 7.05 Å². The third-order valence-corrected chi connectivity index (χ3v) is 6.23. The SMILES string of the molecule is C=CC(=O)NC[C@H](C/C(=C/C)COC)n1nc(C#Cc2ccc3nc(C)n(C)c3c2)c2c(N)ncnc21. The molecule has 0 bridgehead atoms. The number of carbonyl (C=O) groups is 1. The van der Waals surface area contributed by atoms with Gasteiger partial charge in [0, 0.05) is 26.3 Å². The number of anilines is 1. The predicted molar refractivity (Wildman–Crippen MR) is 144 cm³/mol. The molecule has 4 rings (SSSR count). The second kappa shape index (κ2) is 11.1. The van der Waals surface area contributed by atoms with Crippen molar-refractivity contribution in [3.05, 3.63) is 65.9 Å². The zero-order valence-corrected chi connectivity index (χ0v) is 21.4. The molecule has 190 valence electrons. The number of nitrogens with zero attached hydrogens (tertiary/aromatic N) is 6. The number of hydrogen-bond acceptors (Lipinski definition) is 7. The Hall–Kier alpha value is -4.49. The van der Waals surface area contributed by atoms with Crippen molar-refractivity contribution < 1.29 is 9.53 Å². The van der Waals surface area contributed by atoms with Crippen LogP contribution in [0, 0.1) is 18.8 Å². The van der Waals surface area contributed by atoms with E-state index in [2.05, 4.69) is 38.7 Å². The highest BCUT2D eigenvalue weighted by molar-refractivity contribution is 5.91. The van der Waals surface area contributed by atoms with Gasteiger partial charge in [0.25, 0.3) is 0 Å². The summed E-state index contributed by atoms with van der Waals surface area (Å²) >= 11 is 0. The van der Waals surface area contributed by atoms with Crippen LogP contribution in [-0.4, -0.2) is 55.5 Å². The molecule has 1 aromatic carbocycles. The summed E-state index contributed by atoms with van der Waals surface area (Å²) in [5.41, 5.74) is 11.0. The molecular formula is C27H30N8O2. The van der Waals surface area contributed by atoms with E-state index >= 15 is 0 Å². The quantitative estimate of drug-likeness (QED) is 0.217. The lowest BCUT2D eigenvalue weighted by Gasteiger charge is -2.20. The Labute approximate surface area is 215 Å². The van der Waals surface area contributed by atoms with Crippen molar-refractivity contribution in [3.8, 4) is 11.8 Å². The fourth-order valence-electron chi connectivity index (χ4n) is 4.14. The standard InChI is InChI=1S/C27H30N8O2/c1-6-18(15-37-5)12-20(14-29-24(36)7-2)35-27-25(26(28)30-16-31-27)22(33-35)11-9-19-8-10-21-23(13-19)34(4)17(3)32-21/h6-8,10,13,16,20H,2,12,14-15H2,1,3-5H3,(H,29,36)(H2,28,30,31)/b18-6-/t20-/m0/s1. The van der Waals surface area contributed by atoms with E-state index in [0.29, 0.717) is 36.3 Å². The Bertz CT molecular complexity index is 1570. The average molecular weight is 499 g/mol. The van der Waals surface area contributed by atoms with Crippen molar-refractivity contribution in [2.45, 2.75) is 26.3 Å². The number of ether oxygens (including phenoxy) is 1. The number of amides is 1. The Balaban J connectivity index is 1.79. The molecule has 1 atom stereocenters.